The number of hydrogen-bond donors (Lipinski definition) is 0. The molecular formula is C26H27N5O2. The van der Waals surface area contributed by atoms with Gasteiger partial charge in [0.2, 0.25) is 0 Å². The summed E-state index contributed by atoms with van der Waals surface area (Å²) < 4.78 is 13.0. The monoisotopic (exact) mass is 441 g/mol. The van der Waals surface area contributed by atoms with Gasteiger partial charge in [0, 0.05) is 13.1 Å². The Balaban J connectivity index is 1.63. The molecule has 0 radical (unpaired) electrons. The van der Waals surface area contributed by atoms with Crippen molar-refractivity contribution in [2.45, 2.75) is 12.1 Å². The van der Waals surface area contributed by atoms with E-state index in [0.717, 1.165) is 41.4 Å². The summed E-state index contributed by atoms with van der Waals surface area (Å²) in [6.07, 6.45) is 0. The second-order valence-corrected chi connectivity index (χ2v) is 8.03. The van der Waals surface area contributed by atoms with Crippen molar-refractivity contribution in [2.24, 2.45) is 0 Å². The summed E-state index contributed by atoms with van der Waals surface area (Å²) in [4.78, 5) is 2.39. The Labute approximate surface area is 193 Å². The minimum Gasteiger partial charge on any atom is -0.497 e. The lowest BCUT2D eigenvalue weighted by Gasteiger charge is -2.34. The maximum absolute atomic E-state index is 5.64. The summed E-state index contributed by atoms with van der Waals surface area (Å²) >= 11 is 0. The van der Waals surface area contributed by atoms with Crippen LogP contribution in [0, 0.1) is 0 Å². The first kappa shape index (κ1) is 21.3. The highest BCUT2D eigenvalue weighted by Crippen LogP contribution is 2.33. The van der Waals surface area contributed by atoms with E-state index >= 15 is 0 Å². The number of benzene rings is 3. The summed E-state index contributed by atoms with van der Waals surface area (Å²) in [5, 5.41) is 13.2. The first-order chi connectivity index (χ1) is 16.3. The molecule has 1 aliphatic heterocycles. The molecule has 4 aromatic rings. The number of rotatable bonds is 7. The lowest BCUT2D eigenvalue weighted by Crippen LogP contribution is -2.41. The molecule has 0 aliphatic carbocycles. The van der Waals surface area contributed by atoms with Gasteiger partial charge in [-0.2, -0.15) is 0 Å². The van der Waals surface area contributed by atoms with Crippen molar-refractivity contribution >= 4 is 0 Å². The number of hydrogen-bond acceptors (Lipinski definition) is 6. The zero-order valence-electron chi connectivity index (χ0n) is 18.6. The maximum atomic E-state index is 5.64. The number of methoxy groups -OCH3 is 1. The second-order valence-electron chi connectivity index (χ2n) is 8.03. The standard InChI is InChI=1S/C26H27N5O2/c1-32-23-14-12-22(13-15-23)25(30-16-18-33-19-17-30)26-27-28-29-31(26)24(20-8-4-2-5-9-20)21-10-6-3-7-11-21/h2-15,24-25H,16-19H2,1H3/t25-/m0/s1. The van der Waals surface area contributed by atoms with E-state index in [0.29, 0.717) is 13.2 Å². The van der Waals surface area contributed by atoms with Gasteiger partial charge in [-0.1, -0.05) is 72.8 Å². The molecule has 5 rings (SSSR count). The van der Waals surface area contributed by atoms with Crippen LogP contribution in [0.2, 0.25) is 0 Å². The van der Waals surface area contributed by atoms with Gasteiger partial charge in [-0.3, -0.25) is 4.90 Å². The van der Waals surface area contributed by atoms with Crippen LogP contribution in [-0.2, 0) is 4.74 Å². The Hall–Kier alpha value is -3.55. The van der Waals surface area contributed by atoms with Crippen LogP contribution < -0.4 is 4.74 Å². The molecule has 0 N–H and O–H groups in total. The third kappa shape index (κ3) is 4.51. The molecule has 0 spiro atoms. The van der Waals surface area contributed by atoms with E-state index in [2.05, 4.69) is 81.1 Å². The average Bonchev–Trinajstić information content (AvgIpc) is 3.35. The smallest absolute Gasteiger partial charge is 0.174 e. The fourth-order valence-electron chi connectivity index (χ4n) is 4.46. The van der Waals surface area contributed by atoms with Gasteiger partial charge in [-0.15, -0.1) is 5.10 Å². The average molecular weight is 442 g/mol. The number of nitrogens with zero attached hydrogens (tertiary/aromatic N) is 5. The van der Waals surface area contributed by atoms with Crippen LogP contribution in [0.25, 0.3) is 0 Å². The van der Waals surface area contributed by atoms with Gasteiger partial charge in [-0.25, -0.2) is 4.68 Å². The summed E-state index contributed by atoms with van der Waals surface area (Å²) in [6.45, 7) is 3.00. The molecular weight excluding hydrogens is 414 g/mol. The molecule has 7 nitrogen and oxygen atoms in total. The molecule has 1 fully saturated rings. The lowest BCUT2D eigenvalue weighted by atomic mass is 9.97. The van der Waals surface area contributed by atoms with Gasteiger partial charge < -0.3 is 9.47 Å². The van der Waals surface area contributed by atoms with Crippen LogP contribution in [0.3, 0.4) is 0 Å². The van der Waals surface area contributed by atoms with E-state index in [-0.39, 0.29) is 12.1 Å². The summed E-state index contributed by atoms with van der Waals surface area (Å²) in [7, 11) is 1.68. The fourth-order valence-corrected chi connectivity index (χ4v) is 4.46. The Kier molecular flexibility index (Phi) is 6.41. The van der Waals surface area contributed by atoms with Gasteiger partial charge in [0.15, 0.2) is 5.82 Å². The summed E-state index contributed by atoms with van der Waals surface area (Å²) in [5.41, 5.74) is 3.38. The minimum atomic E-state index is -0.140. The quantitative estimate of drug-likeness (QED) is 0.435. The maximum Gasteiger partial charge on any atom is 0.174 e. The van der Waals surface area contributed by atoms with Gasteiger partial charge in [-0.05, 0) is 39.2 Å². The Bertz CT molecular complexity index is 1100. The number of aromatic nitrogens is 4. The second kappa shape index (κ2) is 9.94. The zero-order valence-corrected chi connectivity index (χ0v) is 18.6. The molecule has 2 heterocycles. The lowest BCUT2D eigenvalue weighted by molar-refractivity contribution is 0.0215. The topological polar surface area (TPSA) is 65.3 Å². The molecule has 1 atom stereocenters. The van der Waals surface area contributed by atoms with Crippen molar-refractivity contribution in [1.29, 1.82) is 0 Å². The molecule has 1 saturated heterocycles. The summed E-state index contributed by atoms with van der Waals surface area (Å²) in [5.74, 6) is 1.63. The molecule has 1 aliphatic rings. The van der Waals surface area contributed by atoms with E-state index in [1.54, 1.807) is 7.11 Å². The third-order valence-corrected chi connectivity index (χ3v) is 6.08. The minimum absolute atomic E-state index is 0.107. The van der Waals surface area contributed by atoms with E-state index in [1.807, 2.05) is 28.9 Å². The predicted molar refractivity (Wildman–Crippen MR) is 125 cm³/mol. The molecule has 3 aromatic carbocycles. The molecule has 168 valence electrons. The van der Waals surface area contributed by atoms with Gasteiger partial charge >= 0.3 is 0 Å². The first-order valence-electron chi connectivity index (χ1n) is 11.2. The normalized spacial score (nSPS) is 15.5. The van der Waals surface area contributed by atoms with Crippen molar-refractivity contribution in [1.82, 2.24) is 25.1 Å². The van der Waals surface area contributed by atoms with Crippen LogP contribution in [0.15, 0.2) is 84.9 Å². The Morgan fingerprint density at radius 1 is 0.758 bits per heavy atom. The van der Waals surface area contributed by atoms with Gasteiger partial charge in [0.1, 0.15) is 11.8 Å². The molecule has 7 heteroatoms. The van der Waals surface area contributed by atoms with E-state index < -0.39 is 0 Å². The first-order valence-corrected chi connectivity index (χ1v) is 11.2. The van der Waals surface area contributed by atoms with Crippen LogP contribution in [0.1, 0.15) is 34.6 Å². The molecule has 33 heavy (non-hydrogen) atoms. The van der Waals surface area contributed by atoms with Crippen molar-refractivity contribution in [3.63, 3.8) is 0 Å². The Morgan fingerprint density at radius 2 is 1.33 bits per heavy atom. The number of tetrazole rings is 1. The van der Waals surface area contributed by atoms with E-state index in [4.69, 9.17) is 9.47 Å². The number of morpholine rings is 1. The zero-order chi connectivity index (χ0) is 22.5. The largest absolute Gasteiger partial charge is 0.497 e. The molecule has 0 unspecified atom stereocenters. The van der Waals surface area contributed by atoms with Crippen LogP contribution in [-0.4, -0.2) is 58.5 Å². The predicted octanol–water partition coefficient (Wildman–Crippen LogP) is 3.74. The fraction of sp³-hybridized carbons (Fsp3) is 0.269. The molecule has 0 bridgehead atoms. The van der Waals surface area contributed by atoms with Crippen molar-refractivity contribution in [2.75, 3.05) is 33.4 Å². The van der Waals surface area contributed by atoms with Crippen molar-refractivity contribution in [3.05, 3.63) is 107 Å². The molecule has 1 aromatic heterocycles. The highest BCUT2D eigenvalue weighted by molar-refractivity contribution is 5.35. The highest BCUT2D eigenvalue weighted by Gasteiger charge is 2.32. The molecule has 0 amide bonds. The van der Waals surface area contributed by atoms with Gasteiger partial charge in [0.05, 0.1) is 26.4 Å². The van der Waals surface area contributed by atoms with Crippen molar-refractivity contribution < 1.29 is 9.47 Å². The van der Waals surface area contributed by atoms with Gasteiger partial charge in [0.25, 0.3) is 0 Å². The molecule has 0 saturated carbocycles. The summed E-state index contributed by atoms with van der Waals surface area (Å²) in [6, 6.07) is 28.7. The SMILES string of the molecule is COc1ccc([C@@H](c2nnnn2C(c2ccccc2)c2ccccc2)N2CCOCC2)cc1. The third-order valence-electron chi connectivity index (χ3n) is 6.08. The van der Waals surface area contributed by atoms with Crippen molar-refractivity contribution in [3.8, 4) is 5.75 Å². The highest BCUT2D eigenvalue weighted by atomic mass is 16.5. The van der Waals surface area contributed by atoms with E-state index in [9.17, 15) is 0 Å². The van der Waals surface area contributed by atoms with Crippen LogP contribution in [0.5, 0.6) is 5.75 Å². The van der Waals surface area contributed by atoms with Crippen LogP contribution in [0.4, 0.5) is 0 Å². The number of ether oxygens (including phenoxy) is 2. The van der Waals surface area contributed by atoms with Crippen LogP contribution >= 0.6 is 0 Å². The Morgan fingerprint density at radius 3 is 1.91 bits per heavy atom. The van der Waals surface area contributed by atoms with E-state index in [1.165, 1.54) is 0 Å².